The van der Waals surface area contributed by atoms with E-state index in [-0.39, 0.29) is 17.3 Å². The Labute approximate surface area is 297 Å². The Kier molecular flexibility index (Phi) is 24.5. The molecule has 1 aliphatic heterocycles. The second-order valence-corrected chi connectivity index (χ2v) is 16.4. The van der Waals surface area contributed by atoms with E-state index in [2.05, 4.69) is 35.6 Å². The summed E-state index contributed by atoms with van der Waals surface area (Å²) < 4.78 is 5.79. The van der Waals surface area contributed by atoms with Gasteiger partial charge in [0, 0.05) is 44.7 Å². The van der Waals surface area contributed by atoms with E-state index in [0.29, 0.717) is 13.2 Å². The fourth-order valence-electron chi connectivity index (χ4n) is 6.81. The van der Waals surface area contributed by atoms with Gasteiger partial charge in [-0.15, -0.1) is 0 Å². The fourth-order valence-corrected chi connectivity index (χ4v) is 6.81. The lowest BCUT2D eigenvalue weighted by Gasteiger charge is -2.33. The standard InChI is InChI=1S/C41H79N3O4/c1-8-10-16-23-37(24-17-11-9-2)25-22-34-48-39(47)41(5,6)27-19-13-15-21-29-44(28-20-14-12-18-26-40(3,4)36-45)38(46)35-43-32-30-42(7)31-33-43/h36-37H,8-35H2,1-7H3. The molecule has 0 aromatic carbocycles. The maximum atomic E-state index is 13.4. The van der Waals surface area contributed by atoms with E-state index in [1.165, 1.54) is 57.8 Å². The zero-order chi connectivity index (χ0) is 35.7. The molecule has 7 heteroatoms. The van der Waals surface area contributed by atoms with Crippen molar-refractivity contribution in [3.05, 3.63) is 0 Å². The molecular weight excluding hydrogens is 598 g/mol. The molecule has 0 spiro atoms. The highest BCUT2D eigenvalue weighted by Crippen LogP contribution is 2.27. The van der Waals surface area contributed by atoms with Gasteiger partial charge in [-0.25, -0.2) is 0 Å². The van der Waals surface area contributed by atoms with E-state index in [9.17, 15) is 14.4 Å². The van der Waals surface area contributed by atoms with Crippen molar-refractivity contribution >= 4 is 18.2 Å². The van der Waals surface area contributed by atoms with Crippen molar-refractivity contribution in [3.8, 4) is 0 Å². The number of carbonyl (C=O) groups is 3. The van der Waals surface area contributed by atoms with Crippen LogP contribution in [0.1, 0.15) is 170 Å². The summed E-state index contributed by atoms with van der Waals surface area (Å²) in [7, 11) is 2.15. The third-order valence-corrected chi connectivity index (χ3v) is 10.6. The monoisotopic (exact) mass is 678 g/mol. The minimum Gasteiger partial charge on any atom is -0.465 e. The van der Waals surface area contributed by atoms with Gasteiger partial charge in [-0.05, 0) is 65.3 Å². The zero-order valence-corrected chi connectivity index (χ0v) is 32.9. The number of ether oxygens (including phenoxy) is 1. The van der Waals surface area contributed by atoms with Crippen molar-refractivity contribution in [2.24, 2.45) is 16.7 Å². The summed E-state index contributed by atoms with van der Waals surface area (Å²) in [4.78, 5) is 44.2. The first-order chi connectivity index (χ1) is 22.9. The van der Waals surface area contributed by atoms with Crippen LogP contribution in [0, 0.1) is 16.7 Å². The van der Waals surface area contributed by atoms with E-state index in [1.54, 1.807) is 0 Å². The summed E-state index contributed by atoms with van der Waals surface area (Å²) in [5.74, 6) is 0.991. The average molecular weight is 678 g/mol. The van der Waals surface area contributed by atoms with Crippen LogP contribution >= 0.6 is 0 Å². The number of amides is 1. The summed E-state index contributed by atoms with van der Waals surface area (Å²) >= 11 is 0. The number of carbonyl (C=O) groups excluding carboxylic acids is 3. The predicted molar refractivity (Wildman–Crippen MR) is 202 cm³/mol. The molecule has 1 amide bonds. The number of likely N-dealkylation sites (N-methyl/N-ethyl adjacent to an activating group) is 1. The van der Waals surface area contributed by atoms with Gasteiger partial charge in [0.2, 0.25) is 5.91 Å². The van der Waals surface area contributed by atoms with Gasteiger partial charge in [0.25, 0.3) is 0 Å². The minimum atomic E-state index is -0.451. The van der Waals surface area contributed by atoms with Crippen LogP contribution in [-0.2, 0) is 19.1 Å². The Hall–Kier alpha value is -1.47. The second kappa shape index (κ2) is 26.4. The molecule has 1 heterocycles. The predicted octanol–water partition coefficient (Wildman–Crippen LogP) is 9.31. The van der Waals surface area contributed by atoms with Crippen molar-refractivity contribution in [3.63, 3.8) is 0 Å². The highest BCUT2D eigenvalue weighted by molar-refractivity contribution is 5.78. The van der Waals surface area contributed by atoms with Crippen molar-refractivity contribution in [2.75, 3.05) is 59.5 Å². The van der Waals surface area contributed by atoms with Crippen LogP contribution in [0.25, 0.3) is 0 Å². The van der Waals surface area contributed by atoms with E-state index >= 15 is 0 Å². The third kappa shape index (κ3) is 21.6. The van der Waals surface area contributed by atoms with Crippen molar-refractivity contribution in [1.29, 1.82) is 0 Å². The fraction of sp³-hybridized carbons (Fsp3) is 0.927. The van der Waals surface area contributed by atoms with Gasteiger partial charge in [0.15, 0.2) is 0 Å². The van der Waals surface area contributed by atoms with Crippen LogP contribution in [0.3, 0.4) is 0 Å². The first kappa shape index (κ1) is 44.6. The number of esters is 1. The molecule has 1 aliphatic rings. The largest absolute Gasteiger partial charge is 0.465 e. The molecule has 0 saturated carbocycles. The molecule has 0 unspecified atom stereocenters. The molecule has 0 aromatic rings. The van der Waals surface area contributed by atoms with Gasteiger partial charge in [-0.2, -0.15) is 0 Å². The van der Waals surface area contributed by atoms with Gasteiger partial charge in [-0.1, -0.05) is 118 Å². The van der Waals surface area contributed by atoms with Crippen LogP contribution < -0.4 is 0 Å². The molecule has 282 valence electrons. The summed E-state index contributed by atoms with van der Waals surface area (Å²) in [6.07, 6.45) is 23.9. The number of unbranched alkanes of at least 4 members (excludes halogenated alkanes) is 10. The number of hydrogen-bond donors (Lipinski definition) is 0. The summed E-state index contributed by atoms with van der Waals surface area (Å²) in [6.45, 7) is 19.3. The Morgan fingerprint density at radius 1 is 0.708 bits per heavy atom. The molecule has 7 nitrogen and oxygen atoms in total. The quantitative estimate of drug-likeness (QED) is 0.0429. The zero-order valence-electron chi connectivity index (χ0n) is 32.9. The molecule has 1 rings (SSSR count). The third-order valence-electron chi connectivity index (χ3n) is 10.6. The lowest BCUT2D eigenvalue weighted by atomic mass is 9.87. The highest BCUT2D eigenvalue weighted by Gasteiger charge is 2.29. The van der Waals surface area contributed by atoms with E-state index in [0.717, 1.165) is 122 Å². The number of nitrogens with zero attached hydrogens (tertiary/aromatic N) is 3. The lowest BCUT2D eigenvalue weighted by molar-refractivity contribution is -0.154. The SMILES string of the molecule is CCCCCC(CCCCC)CCCOC(=O)C(C)(C)CCCCCCN(CCCCCCC(C)(C)C=O)C(=O)CN1CCN(C)CC1. The summed E-state index contributed by atoms with van der Waals surface area (Å²) in [5.41, 5.74) is -0.683. The van der Waals surface area contributed by atoms with Crippen molar-refractivity contribution < 1.29 is 19.1 Å². The molecule has 0 aromatic heterocycles. The summed E-state index contributed by atoms with van der Waals surface area (Å²) in [5, 5.41) is 0. The highest BCUT2D eigenvalue weighted by atomic mass is 16.5. The van der Waals surface area contributed by atoms with Gasteiger partial charge in [-0.3, -0.25) is 14.5 Å². The molecule has 48 heavy (non-hydrogen) atoms. The van der Waals surface area contributed by atoms with Crippen LogP contribution in [-0.4, -0.2) is 92.3 Å². The number of aldehydes is 1. The normalized spacial score (nSPS) is 14.8. The average Bonchev–Trinajstić information content (AvgIpc) is 3.05. The molecule has 0 N–H and O–H groups in total. The Morgan fingerprint density at radius 3 is 1.77 bits per heavy atom. The molecule has 1 saturated heterocycles. The van der Waals surface area contributed by atoms with E-state index in [4.69, 9.17) is 4.74 Å². The summed E-state index contributed by atoms with van der Waals surface area (Å²) in [6, 6.07) is 0. The van der Waals surface area contributed by atoms with Crippen molar-refractivity contribution in [1.82, 2.24) is 14.7 Å². The van der Waals surface area contributed by atoms with Gasteiger partial charge < -0.3 is 19.3 Å². The Bertz CT molecular complexity index is 828. The first-order valence-corrected chi connectivity index (χ1v) is 20.3. The molecule has 0 radical (unpaired) electrons. The van der Waals surface area contributed by atoms with Gasteiger partial charge in [0.05, 0.1) is 18.6 Å². The van der Waals surface area contributed by atoms with E-state index < -0.39 is 5.41 Å². The maximum Gasteiger partial charge on any atom is 0.311 e. The topological polar surface area (TPSA) is 70.2 Å². The first-order valence-electron chi connectivity index (χ1n) is 20.3. The molecular formula is C41H79N3O4. The van der Waals surface area contributed by atoms with Crippen LogP contribution in [0.2, 0.25) is 0 Å². The minimum absolute atomic E-state index is 0.0496. The smallest absolute Gasteiger partial charge is 0.311 e. The molecule has 0 atom stereocenters. The lowest BCUT2D eigenvalue weighted by Crippen LogP contribution is -2.49. The molecule has 0 aliphatic carbocycles. The second-order valence-electron chi connectivity index (χ2n) is 16.4. The number of hydrogen-bond acceptors (Lipinski definition) is 6. The van der Waals surface area contributed by atoms with E-state index in [1.807, 2.05) is 27.7 Å². The maximum absolute atomic E-state index is 13.4. The number of rotatable bonds is 30. The Balaban J connectivity index is 2.40. The van der Waals surface area contributed by atoms with Crippen molar-refractivity contribution in [2.45, 2.75) is 170 Å². The van der Waals surface area contributed by atoms with Crippen LogP contribution in [0.15, 0.2) is 0 Å². The van der Waals surface area contributed by atoms with Crippen LogP contribution in [0.4, 0.5) is 0 Å². The Morgan fingerprint density at radius 2 is 1.23 bits per heavy atom. The molecule has 0 bridgehead atoms. The van der Waals surface area contributed by atoms with Crippen LogP contribution in [0.5, 0.6) is 0 Å². The van der Waals surface area contributed by atoms with Gasteiger partial charge in [0.1, 0.15) is 6.29 Å². The van der Waals surface area contributed by atoms with Gasteiger partial charge >= 0.3 is 5.97 Å². The molecule has 1 fully saturated rings. The number of piperazine rings is 1.